The van der Waals surface area contributed by atoms with E-state index in [9.17, 15) is 9.59 Å². The van der Waals surface area contributed by atoms with Gasteiger partial charge in [-0.05, 0) is 19.9 Å². The minimum absolute atomic E-state index is 0.153. The largest absolute Gasteiger partial charge is 0.444 e. The van der Waals surface area contributed by atoms with Gasteiger partial charge in [0.1, 0.15) is 0 Å². The quantitative estimate of drug-likeness (QED) is 0.720. The Morgan fingerprint density at radius 3 is 2.52 bits per heavy atom. The molecule has 0 aliphatic carbocycles. The molecule has 7 heteroatoms. The standard InChI is InChI=1S/C18H18N4O3/c1-11(2)22-17-13(10-21-22)8-14(9-20-17)18(24)25-15(16(19)23)12-6-4-3-5-7-12/h3-11,15H,1-2H3,(H2,19,23)/t15-/m0/s1. The number of fused-ring (bicyclic) bond motifs is 1. The van der Waals surface area contributed by atoms with E-state index in [4.69, 9.17) is 10.5 Å². The fraction of sp³-hybridized carbons (Fsp3) is 0.222. The highest BCUT2D eigenvalue weighted by molar-refractivity contribution is 5.95. The fourth-order valence-electron chi connectivity index (χ4n) is 2.52. The van der Waals surface area contributed by atoms with Crippen molar-refractivity contribution in [2.75, 3.05) is 0 Å². The second-order valence-corrected chi connectivity index (χ2v) is 5.92. The van der Waals surface area contributed by atoms with Crippen molar-refractivity contribution >= 4 is 22.9 Å². The highest BCUT2D eigenvalue weighted by Gasteiger charge is 2.23. The Hall–Kier alpha value is -3.22. The lowest BCUT2D eigenvalue weighted by Crippen LogP contribution is -2.26. The van der Waals surface area contributed by atoms with Gasteiger partial charge < -0.3 is 10.5 Å². The van der Waals surface area contributed by atoms with Crippen LogP contribution in [0.15, 0.2) is 48.8 Å². The molecule has 0 saturated heterocycles. The number of carbonyl (C=O) groups excluding carboxylic acids is 2. The molecule has 0 bridgehead atoms. The number of primary amides is 1. The molecule has 1 amide bonds. The van der Waals surface area contributed by atoms with Crippen molar-refractivity contribution in [3.8, 4) is 0 Å². The summed E-state index contributed by atoms with van der Waals surface area (Å²) in [4.78, 5) is 28.4. The maximum absolute atomic E-state index is 12.4. The third-order valence-corrected chi connectivity index (χ3v) is 3.74. The molecule has 25 heavy (non-hydrogen) atoms. The third kappa shape index (κ3) is 3.35. The SMILES string of the molecule is CC(C)n1ncc2cc(C(=O)O[C@H](C(N)=O)c3ccccc3)cnc21. The van der Waals surface area contributed by atoms with Gasteiger partial charge >= 0.3 is 5.97 Å². The van der Waals surface area contributed by atoms with E-state index in [1.54, 1.807) is 47.3 Å². The molecule has 0 spiro atoms. The topological polar surface area (TPSA) is 100 Å². The Labute approximate surface area is 144 Å². The summed E-state index contributed by atoms with van der Waals surface area (Å²) in [6.45, 7) is 3.99. The molecule has 0 unspecified atom stereocenters. The summed E-state index contributed by atoms with van der Waals surface area (Å²) in [5.41, 5.74) is 6.81. The average Bonchev–Trinajstić information content (AvgIpc) is 3.03. The van der Waals surface area contributed by atoms with E-state index < -0.39 is 18.0 Å². The molecular weight excluding hydrogens is 320 g/mol. The molecular formula is C18H18N4O3. The summed E-state index contributed by atoms with van der Waals surface area (Å²) in [6, 6.07) is 10.4. The first-order valence-electron chi connectivity index (χ1n) is 7.86. The van der Waals surface area contributed by atoms with Crippen LogP contribution in [0.4, 0.5) is 0 Å². The van der Waals surface area contributed by atoms with Crippen LogP contribution in [0, 0.1) is 0 Å². The summed E-state index contributed by atoms with van der Waals surface area (Å²) in [5, 5.41) is 4.98. The molecule has 0 aliphatic rings. The van der Waals surface area contributed by atoms with Gasteiger partial charge in [0, 0.05) is 23.2 Å². The van der Waals surface area contributed by atoms with E-state index in [-0.39, 0.29) is 11.6 Å². The number of nitrogens with two attached hydrogens (primary N) is 1. The Morgan fingerprint density at radius 1 is 1.16 bits per heavy atom. The molecule has 1 atom stereocenters. The number of carbonyl (C=O) groups is 2. The maximum atomic E-state index is 12.4. The predicted molar refractivity (Wildman–Crippen MR) is 91.7 cm³/mol. The number of pyridine rings is 1. The van der Waals surface area contributed by atoms with Crippen LogP contribution in [-0.2, 0) is 9.53 Å². The van der Waals surface area contributed by atoms with Crippen LogP contribution in [0.3, 0.4) is 0 Å². The normalized spacial score (nSPS) is 12.3. The van der Waals surface area contributed by atoms with Gasteiger partial charge in [-0.15, -0.1) is 0 Å². The van der Waals surface area contributed by atoms with Crippen LogP contribution in [0.2, 0.25) is 0 Å². The smallest absolute Gasteiger partial charge is 0.340 e. The van der Waals surface area contributed by atoms with Crippen molar-refractivity contribution in [2.24, 2.45) is 5.73 Å². The summed E-state index contributed by atoms with van der Waals surface area (Å²) in [5.74, 6) is -1.40. The van der Waals surface area contributed by atoms with Crippen LogP contribution in [-0.4, -0.2) is 26.6 Å². The Balaban J connectivity index is 1.87. The number of hydrogen-bond acceptors (Lipinski definition) is 5. The second-order valence-electron chi connectivity index (χ2n) is 5.92. The number of hydrogen-bond donors (Lipinski definition) is 1. The van der Waals surface area contributed by atoms with E-state index in [1.807, 2.05) is 13.8 Å². The zero-order valence-electron chi connectivity index (χ0n) is 13.9. The number of ether oxygens (including phenoxy) is 1. The lowest BCUT2D eigenvalue weighted by molar-refractivity contribution is -0.127. The van der Waals surface area contributed by atoms with E-state index >= 15 is 0 Å². The molecule has 7 nitrogen and oxygen atoms in total. The fourth-order valence-corrected chi connectivity index (χ4v) is 2.52. The molecule has 0 aliphatic heterocycles. The van der Waals surface area contributed by atoms with Crippen molar-refractivity contribution in [3.05, 3.63) is 59.9 Å². The number of amides is 1. The maximum Gasteiger partial charge on any atom is 0.340 e. The first-order valence-corrected chi connectivity index (χ1v) is 7.86. The van der Waals surface area contributed by atoms with E-state index in [1.165, 1.54) is 6.20 Å². The molecule has 128 valence electrons. The summed E-state index contributed by atoms with van der Waals surface area (Å²) in [7, 11) is 0. The minimum atomic E-state index is -1.15. The molecule has 2 aromatic heterocycles. The summed E-state index contributed by atoms with van der Waals surface area (Å²) >= 11 is 0. The van der Waals surface area contributed by atoms with Gasteiger partial charge in [0.15, 0.2) is 5.65 Å². The summed E-state index contributed by atoms with van der Waals surface area (Å²) in [6.07, 6.45) is 1.90. The third-order valence-electron chi connectivity index (χ3n) is 3.74. The van der Waals surface area contributed by atoms with Crippen molar-refractivity contribution < 1.29 is 14.3 Å². The summed E-state index contributed by atoms with van der Waals surface area (Å²) < 4.78 is 7.07. The Morgan fingerprint density at radius 2 is 1.88 bits per heavy atom. The number of rotatable bonds is 5. The van der Waals surface area contributed by atoms with Gasteiger partial charge in [0.2, 0.25) is 6.10 Å². The zero-order chi connectivity index (χ0) is 18.0. The number of esters is 1. The first-order chi connectivity index (χ1) is 12.0. The number of aromatic nitrogens is 3. The molecule has 0 fully saturated rings. The molecule has 1 aromatic carbocycles. The van der Waals surface area contributed by atoms with Crippen molar-refractivity contribution in [3.63, 3.8) is 0 Å². The Kier molecular flexibility index (Phi) is 4.47. The average molecular weight is 338 g/mol. The first kappa shape index (κ1) is 16.6. The van der Waals surface area contributed by atoms with Crippen molar-refractivity contribution in [1.29, 1.82) is 0 Å². The minimum Gasteiger partial charge on any atom is -0.444 e. The van der Waals surface area contributed by atoms with Crippen LogP contribution < -0.4 is 5.73 Å². The molecule has 3 rings (SSSR count). The van der Waals surface area contributed by atoms with Crippen molar-refractivity contribution in [1.82, 2.24) is 14.8 Å². The molecule has 3 aromatic rings. The molecule has 0 saturated carbocycles. The van der Waals surface area contributed by atoms with E-state index in [0.717, 1.165) is 5.39 Å². The van der Waals surface area contributed by atoms with E-state index in [0.29, 0.717) is 11.2 Å². The van der Waals surface area contributed by atoms with Gasteiger partial charge in [-0.25, -0.2) is 14.5 Å². The Bertz CT molecular complexity index is 918. The van der Waals surface area contributed by atoms with Crippen LogP contribution in [0.1, 0.15) is 41.9 Å². The van der Waals surface area contributed by atoms with Gasteiger partial charge in [-0.3, -0.25) is 4.79 Å². The molecule has 0 radical (unpaired) electrons. The van der Waals surface area contributed by atoms with Gasteiger partial charge in [-0.1, -0.05) is 30.3 Å². The number of benzene rings is 1. The highest BCUT2D eigenvalue weighted by atomic mass is 16.5. The lowest BCUT2D eigenvalue weighted by atomic mass is 10.1. The van der Waals surface area contributed by atoms with Crippen LogP contribution in [0.5, 0.6) is 0 Å². The zero-order valence-corrected chi connectivity index (χ0v) is 13.9. The van der Waals surface area contributed by atoms with Gasteiger partial charge in [0.05, 0.1) is 11.8 Å². The predicted octanol–water partition coefficient (Wildman–Crippen LogP) is 2.40. The molecule has 2 N–H and O–H groups in total. The van der Waals surface area contributed by atoms with Crippen LogP contribution >= 0.6 is 0 Å². The van der Waals surface area contributed by atoms with Gasteiger partial charge in [0.25, 0.3) is 5.91 Å². The number of nitrogens with zero attached hydrogens (tertiary/aromatic N) is 3. The van der Waals surface area contributed by atoms with E-state index in [2.05, 4.69) is 10.1 Å². The molecule has 2 heterocycles. The van der Waals surface area contributed by atoms with Gasteiger partial charge in [-0.2, -0.15) is 5.10 Å². The highest BCUT2D eigenvalue weighted by Crippen LogP contribution is 2.21. The second kappa shape index (κ2) is 6.72. The van der Waals surface area contributed by atoms with Crippen molar-refractivity contribution in [2.45, 2.75) is 26.0 Å². The van der Waals surface area contributed by atoms with Crippen LogP contribution in [0.25, 0.3) is 11.0 Å². The lowest BCUT2D eigenvalue weighted by Gasteiger charge is -2.15. The monoisotopic (exact) mass is 338 g/mol.